The first-order valence-electron chi connectivity index (χ1n) is 6.15. The molecule has 18 heavy (non-hydrogen) atoms. The van der Waals surface area contributed by atoms with Crippen LogP contribution in [0.5, 0.6) is 0 Å². The van der Waals surface area contributed by atoms with E-state index in [-0.39, 0.29) is 11.7 Å². The molecular weight excluding hydrogens is 230 g/mol. The molecule has 6 nitrogen and oxygen atoms in total. The van der Waals surface area contributed by atoms with Gasteiger partial charge in [-0.1, -0.05) is 0 Å². The zero-order valence-corrected chi connectivity index (χ0v) is 10.3. The van der Waals surface area contributed by atoms with Crippen LogP contribution >= 0.6 is 0 Å². The van der Waals surface area contributed by atoms with Crippen molar-refractivity contribution in [3.63, 3.8) is 0 Å². The number of aromatic nitrogens is 4. The number of fused-ring (bicyclic) bond motifs is 1. The molecule has 1 unspecified atom stereocenters. The highest BCUT2D eigenvalue weighted by Crippen LogP contribution is 2.24. The third kappa shape index (κ3) is 1.83. The first-order chi connectivity index (χ1) is 8.75. The molecule has 0 spiro atoms. The van der Waals surface area contributed by atoms with Crippen molar-refractivity contribution in [2.24, 2.45) is 5.92 Å². The van der Waals surface area contributed by atoms with Crippen LogP contribution in [0.3, 0.4) is 0 Å². The van der Waals surface area contributed by atoms with Crippen molar-refractivity contribution in [1.82, 2.24) is 19.6 Å². The lowest BCUT2D eigenvalue weighted by Gasteiger charge is -2.32. The summed E-state index contributed by atoms with van der Waals surface area (Å²) >= 11 is 0. The summed E-state index contributed by atoms with van der Waals surface area (Å²) in [6.45, 7) is 3.32. The van der Waals surface area contributed by atoms with Gasteiger partial charge in [-0.2, -0.15) is 0 Å². The zero-order chi connectivity index (χ0) is 12.5. The Morgan fingerprint density at radius 2 is 2.39 bits per heavy atom. The summed E-state index contributed by atoms with van der Waals surface area (Å²) in [6.07, 6.45) is 7.21. The number of carbonyl (C=O) groups excluding carboxylic acids is 1. The molecule has 3 heterocycles. The van der Waals surface area contributed by atoms with Crippen molar-refractivity contribution < 1.29 is 4.79 Å². The van der Waals surface area contributed by atoms with Gasteiger partial charge in [-0.05, 0) is 19.8 Å². The van der Waals surface area contributed by atoms with E-state index in [1.54, 1.807) is 19.4 Å². The lowest BCUT2D eigenvalue weighted by atomic mass is 9.95. The molecule has 0 amide bonds. The van der Waals surface area contributed by atoms with Gasteiger partial charge >= 0.3 is 0 Å². The predicted molar refractivity (Wildman–Crippen MR) is 66.4 cm³/mol. The summed E-state index contributed by atoms with van der Waals surface area (Å²) in [5.41, 5.74) is 0.752. The standard InChI is InChI=1S/C12H15N5O/c1-9(18)10-3-2-5-16(7-10)11-12-15-14-8-17(12)6-4-13-11/h4,6,8,10H,2-3,5,7H2,1H3. The van der Waals surface area contributed by atoms with E-state index in [2.05, 4.69) is 20.1 Å². The van der Waals surface area contributed by atoms with Gasteiger partial charge in [0.25, 0.3) is 0 Å². The van der Waals surface area contributed by atoms with E-state index in [0.717, 1.165) is 37.4 Å². The van der Waals surface area contributed by atoms with E-state index in [1.807, 2.05) is 10.6 Å². The second-order valence-corrected chi connectivity index (χ2v) is 4.71. The smallest absolute Gasteiger partial charge is 0.203 e. The van der Waals surface area contributed by atoms with E-state index in [4.69, 9.17) is 0 Å². The molecule has 2 aromatic rings. The lowest BCUT2D eigenvalue weighted by Crippen LogP contribution is -2.38. The molecule has 2 aromatic heterocycles. The van der Waals surface area contributed by atoms with Gasteiger partial charge in [0.15, 0.2) is 5.82 Å². The van der Waals surface area contributed by atoms with E-state index >= 15 is 0 Å². The molecule has 3 rings (SSSR count). The van der Waals surface area contributed by atoms with Crippen LogP contribution in [0.25, 0.3) is 5.65 Å². The number of hydrogen-bond acceptors (Lipinski definition) is 5. The Bertz CT molecular complexity index is 579. The van der Waals surface area contributed by atoms with Crippen molar-refractivity contribution in [3.8, 4) is 0 Å². The molecule has 0 radical (unpaired) electrons. The van der Waals surface area contributed by atoms with Crippen molar-refractivity contribution in [2.75, 3.05) is 18.0 Å². The van der Waals surface area contributed by atoms with Crippen molar-refractivity contribution >= 4 is 17.2 Å². The summed E-state index contributed by atoms with van der Waals surface area (Å²) in [5.74, 6) is 1.19. The van der Waals surface area contributed by atoms with Crippen LogP contribution in [0.15, 0.2) is 18.7 Å². The van der Waals surface area contributed by atoms with Crippen LogP contribution in [0.2, 0.25) is 0 Å². The first kappa shape index (κ1) is 11.1. The van der Waals surface area contributed by atoms with Crippen LogP contribution in [0.1, 0.15) is 19.8 Å². The summed E-state index contributed by atoms with van der Waals surface area (Å²) in [4.78, 5) is 18.0. The van der Waals surface area contributed by atoms with Gasteiger partial charge in [0.05, 0.1) is 0 Å². The van der Waals surface area contributed by atoms with Crippen molar-refractivity contribution in [3.05, 3.63) is 18.7 Å². The lowest BCUT2D eigenvalue weighted by molar-refractivity contribution is -0.120. The van der Waals surface area contributed by atoms with Gasteiger partial charge in [0.1, 0.15) is 12.1 Å². The van der Waals surface area contributed by atoms with Crippen LogP contribution < -0.4 is 4.90 Å². The highest BCUT2D eigenvalue weighted by atomic mass is 16.1. The Labute approximate surface area is 105 Å². The third-order valence-corrected chi connectivity index (χ3v) is 3.49. The maximum Gasteiger partial charge on any atom is 0.203 e. The van der Waals surface area contributed by atoms with Crippen molar-refractivity contribution in [2.45, 2.75) is 19.8 Å². The number of anilines is 1. The van der Waals surface area contributed by atoms with E-state index in [0.29, 0.717) is 0 Å². The molecule has 1 saturated heterocycles. The highest BCUT2D eigenvalue weighted by Gasteiger charge is 2.25. The van der Waals surface area contributed by atoms with Gasteiger partial charge in [-0.15, -0.1) is 10.2 Å². The van der Waals surface area contributed by atoms with Gasteiger partial charge in [-0.3, -0.25) is 9.20 Å². The van der Waals surface area contributed by atoms with E-state index in [9.17, 15) is 4.79 Å². The van der Waals surface area contributed by atoms with E-state index < -0.39 is 0 Å². The maximum atomic E-state index is 11.5. The van der Waals surface area contributed by atoms with Crippen LogP contribution in [0, 0.1) is 5.92 Å². The Balaban J connectivity index is 1.94. The van der Waals surface area contributed by atoms with Crippen LogP contribution in [-0.4, -0.2) is 38.5 Å². The third-order valence-electron chi connectivity index (χ3n) is 3.49. The number of Topliss-reactive ketones (excluding diaryl/α,β-unsaturated/α-hetero) is 1. The fraction of sp³-hybridized carbons (Fsp3) is 0.500. The quantitative estimate of drug-likeness (QED) is 0.787. The zero-order valence-electron chi connectivity index (χ0n) is 10.3. The average molecular weight is 245 g/mol. The monoisotopic (exact) mass is 245 g/mol. The minimum atomic E-state index is 0.115. The molecule has 1 fully saturated rings. The molecule has 1 aliphatic heterocycles. The summed E-state index contributed by atoms with van der Waals surface area (Å²) in [6, 6.07) is 0. The number of piperidine rings is 1. The molecule has 94 valence electrons. The Morgan fingerprint density at radius 1 is 1.50 bits per heavy atom. The summed E-state index contributed by atoms with van der Waals surface area (Å²) in [7, 11) is 0. The molecule has 0 aromatic carbocycles. The molecule has 6 heteroatoms. The maximum absolute atomic E-state index is 11.5. The van der Waals surface area contributed by atoms with Crippen LogP contribution in [-0.2, 0) is 4.79 Å². The van der Waals surface area contributed by atoms with Gasteiger partial charge in [-0.25, -0.2) is 4.98 Å². The Kier molecular flexibility index (Phi) is 2.70. The number of carbonyl (C=O) groups is 1. The summed E-state index contributed by atoms with van der Waals surface area (Å²) in [5, 5.41) is 7.98. The fourth-order valence-electron chi connectivity index (χ4n) is 2.47. The fourth-order valence-corrected chi connectivity index (χ4v) is 2.47. The first-order valence-corrected chi connectivity index (χ1v) is 6.15. The molecule has 0 aliphatic carbocycles. The van der Waals surface area contributed by atoms with Crippen LogP contribution in [0.4, 0.5) is 5.82 Å². The average Bonchev–Trinajstić information content (AvgIpc) is 2.87. The topological polar surface area (TPSA) is 63.4 Å². The summed E-state index contributed by atoms with van der Waals surface area (Å²) < 4.78 is 1.85. The Morgan fingerprint density at radius 3 is 3.22 bits per heavy atom. The van der Waals surface area contributed by atoms with Gasteiger partial charge in [0.2, 0.25) is 5.65 Å². The molecule has 1 aliphatic rings. The van der Waals surface area contributed by atoms with E-state index in [1.165, 1.54) is 0 Å². The second-order valence-electron chi connectivity index (χ2n) is 4.71. The number of nitrogens with zero attached hydrogens (tertiary/aromatic N) is 5. The molecule has 1 atom stereocenters. The van der Waals surface area contributed by atoms with Crippen molar-refractivity contribution in [1.29, 1.82) is 0 Å². The number of rotatable bonds is 2. The van der Waals surface area contributed by atoms with Gasteiger partial charge in [0, 0.05) is 31.4 Å². The molecular formula is C12H15N5O. The second kappa shape index (κ2) is 4.36. The number of hydrogen-bond donors (Lipinski definition) is 0. The minimum Gasteiger partial charge on any atom is -0.353 e. The highest BCUT2D eigenvalue weighted by molar-refractivity contribution is 5.79. The normalized spacial score (nSPS) is 20.3. The van der Waals surface area contributed by atoms with Gasteiger partial charge < -0.3 is 4.90 Å². The largest absolute Gasteiger partial charge is 0.353 e. The minimum absolute atomic E-state index is 0.115. The predicted octanol–water partition coefficient (Wildman–Crippen LogP) is 0.930. The molecule has 0 saturated carbocycles. The number of ketones is 1. The molecule has 0 N–H and O–H groups in total. The molecule has 0 bridgehead atoms. The Hall–Kier alpha value is -1.98. The SMILES string of the molecule is CC(=O)C1CCCN(c2nccn3cnnc23)C1.